The second-order valence-electron chi connectivity index (χ2n) is 6.71. The number of amides is 1. The minimum atomic E-state index is 0.0378. The predicted molar refractivity (Wildman–Crippen MR) is 95.5 cm³/mol. The number of nitrogens with one attached hydrogen (secondary N) is 1. The normalized spacial score (nSPS) is 18.6. The quantitative estimate of drug-likeness (QED) is 0.913. The lowest BCUT2D eigenvalue weighted by Gasteiger charge is -2.34. The summed E-state index contributed by atoms with van der Waals surface area (Å²) in [5.74, 6) is 0.127. The SMILES string of the molecule is O=C(Cc1cccnc1)N1CC2(CCNCC2)c2cc(Cl)ccc21. The third kappa shape index (κ3) is 2.70. The molecular formula is C19H20ClN3O. The van der Waals surface area contributed by atoms with Gasteiger partial charge in [0, 0.05) is 35.1 Å². The van der Waals surface area contributed by atoms with Crippen LogP contribution in [0.1, 0.15) is 24.0 Å². The van der Waals surface area contributed by atoms with E-state index in [9.17, 15) is 4.79 Å². The summed E-state index contributed by atoms with van der Waals surface area (Å²) in [7, 11) is 0. The second kappa shape index (κ2) is 6.19. The molecule has 1 saturated heterocycles. The predicted octanol–water partition coefficient (Wildman–Crippen LogP) is 2.95. The van der Waals surface area contributed by atoms with Crippen molar-refractivity contribution >= 4 is 23.2 Å². The fourth-order valence-corrected chi connectivity index (χ4v) is 4.14. The monoisotopic (exact) mass is 341 g/mol. The molecule has 1 amide bonds. The Morgan fingerprint density at radius 1 is 1.29 bits per heavy atom. The number of anilines is 1. The molecule has 124 valence electrons. The maximum Gasteiger partial charge on any atom is 0.231 e. The van der Waals surface area contributed by atoms with Crippen molar-refractivity contribution in [3.05, 3.63) is 58.9 Å². The summed E-state index contributed by atoms with van der Waals surface area (Å²) in [6, 6.07) is 9.75. The average molecular weight is 342 g/mol. The van der Waals surface area contributed by atoms with E-state index in [0.717, 1.165) is 48.7 Å². The van der Waals surface area contributed by atoms with E-state index in [1.807, 2.05) is 29.2 Å². The maximum absolute atomic E-state index is 12.9. The van der Waals surface area contributed by atoms with Gasteiger partial charge in [0.2, 0.25) is 5.91 Å². The van der Waals surface area contributed by atoms with Crippen molar-refractivity contribution in [2.75, 3.05) is 24.5 Å². The molecule has 0 saturated carbocycles. The summed E-state index contributed by atoms with van der Waals surface area (Å²) in [5.41, 5.74) is 3.24. The Bertz CT molecular complexity index is 756. The fraction of sp³-hybridized carbons (Fsp3) is 0.368. The van der Waals surface area contributed by atoms with E-state index in [2.05, 4.69) is 16.4 Å². The number of carbonyl (C=O) groups excluding carboxylic acids is 1. The lowest BCUT2D eigenvalue weighted by molar-refractivity contribution is -0.118. The molecule has 0 bridgehead atoms. The highest BCUT2D eigenvalue weighted by atomic mass is 35.5. The number of pyridine rings is 1. The minimum Gasteiger partial charge on any atom is -0.317 e. The maximum atomic E-state index is 12.9. The first-order valence-corrected chi connectivity index (χ1v) is 8.76. The highest BCUT2D eigenvalue weighted by Crippen LogP contribution is 2.47. The van der Waals surface area contributed by atoms with Gasteiger partial charge in [-0.15, -0.1) is 0 Å². The van der Waals surface area contributed by atoms with Crippen LogP contribution in [0.5, 0.6) is 0 Å². The number of hydrogen-bond acceptors (Lipinski definition) is 3. The highest BCUT2D eigenvalue weighted by Gasteiger charge is 2.45. The Kier molecular flexibility index (Phi) is 4.02. The molecule has 3 heterocycles. The van der Waals surface area contributed by atoms with Crippen molar-refractivity contribution in [2.45, 2.75) is 24.7 Å². The van der Waals surface area contributed by atoms with Gasteiger partial charge in [-0.05, 0) is 61.3 Å². The van der Waals surface area contributed by atoms with Crippen LogP contribution in [0.15, 0.2) is 42.7 Å². The van der Waals surface area contributed by atoms with E-state index in [-0.39, 0.29) is 11.3 Å². The third-order valence-corrected chi connectivity index (χ3v) is 5.46. The largest absolute Gasteiger partial charge is 0.317 e. The lowest BCUT2D eigenvalue weighted by Crippen LogP contribution is -2.44. The molecule has 1 spiro atoms. The molecule has 4 rings (SSSR count). The van der Waals surface area contributed by atoms with Crippen LogP contribution in [0.25, 0.3) is 0 Å². The molecule has 4 nitrogen and oxygen atoms in total. The van der Waals surface area contributed by atoms with Gasteiger partial charge in [0.25, 0.3) is 0 Å². The van der Waals surface area contributed by atoms with Gasteiger partial charge in [-0.2, -0.15) is 0 Å². The van der Waals surface area contributed by atoms with Crippen molar-refractivity contribution in [2.24, 2.45) is 0 Å². The molecule has 0 aliphatic carbocycles. The number of fused-ring (bicyclic) bond motifs is 2. The van der Waals surface area contributed by atoms with Gasteiger partial charge in [0.1, 0.15) is 0 Å². The van der Waals surface area contributed by atoms with E-state index in [0.29, 0.717) is 6.42 Å². The number of halogens is 1. The lowest BCUT2D eigenvalue weighted by atomic mass is 9.75. The summed E-state index contributed by atoms with van der Waals surface area (Å²) < 4.78 is 0. The van der Waals surface area contributed by atoms with E-state index in [1.54, 1.807) is 12.4 Å². The highest BCUT2D eigenvalue weighted by molar-refractivity contribution is 6.30. The van der Waals surface area contributed by atoms with Crippen molar-refractivity contribution < 1.29 is 4.79 Å². The summed E-state index contributed by atoms with van der Waals surface area (Å²) in [6.07, 6.45) is 5.94. The van der Waals surface area contributed by atoms with Crippen molar-refractivity contribution in [1.82, 2.24) is 10.3 Å². The minimum absolute atomic E-state index is 0.0378. The summed E-state index contributed by atoms with van der Waals surface area (Å²) >= 11 is 6.26. The fourth-order valence-electron chi connectivity index (χ4n) is 3.97. The molecule has 2 aliphatic rings. The van der Waals surface area contributed by atoms with Crippen LogP contribution in [0.3, 0.4) is 0 Å². The topological polar surface area (TPSA) is 45.2 Å². The van der Waals surface area contributed by atoms with Crippen LogP contribution >= 0.6 is 11.6 Å². The van der Waals surface area contributed by atoms with Gasteiger partial charge in [-0.1, -0.05) is 17.7 Å². The van der Waals surface area contributed by atoms with Crippen LogP contribution in [-0.2, 0) is 16.6 Å². The molecule has 1 aromatic carbocycles. The first kappa shape index (κ1) is 15.6. The molecule has 0 atom stereocenters. The van der Waals surface area contributed by atoms with Gasteiger partial charge in [-0.3, -0.25) is 9.78 Å². The van der Waals surface area contributed by atoms with Crippen LogP contribution < -0.4 is 10.2 Å². The zero-order valence-corrected chi connectivity index (χ0v) is 14.2. The van der Waals surface area contributed by atoms with E-state index in [1.165, 1.54) is 5.56 Å². The summed E-state index contributed by atoms with van der Waals surface area (Å²) in [5, 5.41) is 4.16. The number of carbonyl (C=O) groups is 1. The average Bonchev–Trinajstić information content (AvgIpc) is 2.90. The number of benzene rings is 1. The van der Waals surface area contributed by atoms with Crippen molar-refractivity contribution in [1.29, 1.82) is 0 Å². The Balaban J connectivity index is 1.66. The molecule has 2 aliphatic heterocycles. The molecule has 1 N–H and O–H groups in total. The number of hydrogen-bond donors (Lipinski definition) is 1. The van der Waals surface area contributed by atoms with Crippen LogP contribution in [-0.4, -0.2) is 30.5 Å². The zero-order valence-electron chi connectivity index (χ0n) is 13.5. The van der Waals surface area contributed by atoms with Crippen LogP contribution in [0, 0.1) is 0 Å². The smallest absolute Gasteiger partial charge is 0.231 e. The van der Waals surface area contributed by atoms with Gasteiger partial charge in [0.05, 0.1) is 6.42 Å². The Morgan fingerprint density at radius 2 is 2.12 bits per heavy atom. The molecule has 2 aromatic rings. The molecular weight excluding hydrogens is 322 g/mol. The van der Waals surface area contributed by atoms with E-state index < -0.39 is 0 Å². The van der Waals surface area contributed by atoms with Gasteiger partial charge in [0.15, 0.2) is 0 Å². The Hall–Kier alpha value is -1.91. The molecule has 0 radical (unpaired) electrons. The van der Waals surface area contributed by atoms with Crippen molar-refractivity contribution in [3.63, 3.8) is 0 Å². The van der Waals surface area contributed by atoms with Gasteiger partial charge in [-0.25, -0.2) is 0 Å². The summed E-state index contributed by atoms with van der Waals surface area (Å²) in [4.78, 5) is 19.0. The number of piperidine rings is 1. The molecule has 0 unspecified atom stereocenters. The first-order valence-electron chi connectivity index (χ1n) is 8.38. The first-order chi connectivity index (χ1) is 11.7. The Morgan fingerprint density at radius 3 is 2.88 bits per heavy atom. The number of rotatable bonds is 2. The van der Waals surface area contributed by atoms with Crippen LogP contribution in [0.4, 0.5) is 5.69 Å². The van der Waals surface area contributed by atoms with Gasteiger partial charge >= 0.3 is 0 Å². The summed E-state index contributed by atoms with van der Waals surface area (Å²) in [6.45, 7) is 2.72. The molecule has 1 aromatic heterocycles. The third-order valence-electron chi connectivity index (χ3n) is 5.22. The molecule has 24 heavy (non-hydrogen) atoms. The molecule has 1 fully saturated rings. The Labute approximate surface area is 146 Å². The zero-order chi connectivity index (χ0) is 16.6. The van der Waals surface area contributed by atoms with Crippen LogP contribution in [0.2, 0.25) is 5.02 Å². The van der Waals surface area contributed by atoms with E-state index in [4.69, 9.17) is 11.6 Å². The van der Waals surface area contributed by atoms with Gasteiger partial charge < -0.3 is 10.2 Å². The standard InChI is InChI=1S/C19H20ClN3O/c20-15-3-4-17-16(11-15)19(5-8-21-9-6-19)13-23(17)18(24)10-14-2-1-7-22-12-14/h1-4,7,11-12,21H,5-6,8-10,13H2. The number of nitrogens with zero attached hydrogens (tertiary/aromatic N) is 2. The number of aromatic nitrogens is 1. The second-order valence-corrected chi connectivity index (χ2v) is 7.15. The van der Waals surface area contributed by atoms with Crippen molar-refractivity contribution in [3.8, 4) is 0 Å². The van der Waals surface area contributed by atoms with E-state index >= 15 is 0 Å². The molecule has 5 heteroatoms.